The minimum atomic E-state index is 0.385. The molecule has 2 aromatic heterocycles. The summed E-state index contributed by atoms with van der Waals surface area (Å²) < 4.78 is 7.11. The Hall–Kier alpha value is -1.62. The summed E-state index contributed by atoms with van der Waals surface area (Å²) in [6, 6.07) is 0. The topological polar surface area (TPSA) is 52.3 Å². The van der Waals surface area contributed by atoms with Crippen LogP contribution >= 0.6 is 11.6 Å². The lowest BCUT2D eigenvalue weighted by Gasteiger charge is -2.08. The van der Waals surface area contributed by atoms with Gasteiger partial charge in [-0.25, -0.2) is 0 Å². The van der Waals surface area contributed by atoms with Crippen molar-refractivity contribution >= 4 is 17.4 Å². The van der Waals surface area contributed by atoms with Crippen molar-refractivity contribution in [2.45, 2.75) is 13.8 Å². The molecule has 84 valence electrons. The van der Waals surface area contributed by atoms with Crippen molar-refractivity contribution in [2.24, 2.45) is 0 Å². The second kappa shape index (κ2) is 4.49. The van der Waals surface area contributed by atoms with E-state index in [0.29, 0.717) is 23.4 Å². The quantitative estimate of drug-likeness (QED) is 0.607. The Balaban J connectivity index is 2.47. The molecule has 2 aromatic rings. The molecule has 0 saturated heterocycles. The highest BCUT2D eigenvalue weighted by atomic mass is 35.5. The van der Waals surface area contributed by atoms with E-state index in [2.05, 4.69) is 15.1 Å². The lowest BCUT2D eigenvalue weighted by atomic mass is 10.4. The van der Waals surface area contributed by atoms with E-state index in [4.69, 9.17) is 16.3 Å². The number of fused-ring (bicyclic) bond motifs is 1. The smallest absolute Gasteiger partial charge is 0.256 e. The number of nitrogens with zero attached hydrogens (tertiary/aromatic N) is 4. The molecule has 0 bridgehead atoms. The minimum Gasteiger partial charge on any atom is -0.473 e. The second-order valence-corrected chi connectivity index (χ2v) is 3.54. The number of halogens is 1. The van der Waals surface area contributed by atoms with E-state index < -0.39 is 0 Å². The summed E-state index contributed by atoms with van der Waals surface area (Å²) >= 11 is 5.97. The van der Waals surface area contributed by atoms with Gasteiger partial charge in [0.25, 0.3) is 5.78 Å². The van der Waals surface area contributed by atoms with Crippen LogP contribution in [-0.4, -0.2) is 26.2 Å². The van der Waals surface area contributed by atoms with Crippen molar-refractivity contribution in [3.63, 3.8) is 0 Å². The molecule has 0 aliphatic carbocycles. The molecule has 0 aliphatic rings. The molecule has 6 heteroatoms. The van der Waals surface area contributed by atoms with E-state index in [1.807, 2.05) is 26.0 Å². The van der Waals surface area contributed by atoms with Crippen LogP contribution in [0, 0.1) is 6.92 Å². The van der Waals surface area contributed by atoms with E-state index in [0.717, 1.165) is 5.56 Å². The van der Waals surface area contributed by atoms with Crippen LogP contribution in [-0.2, 0) is 0 Å². The summed E-state index contributed by atoms with van der Waals surface area (Å²) in [5, 5.41) is 4.42. The monoisotopic (exact) mass is 238 g/mol. The molecule has 0 radical (unpaired) electrons. The molecule has 0 fully saturated rings. The van der Waals surface area contributed by atoms with Gasteiger partial charge >= 0.3 is 0 Å². The van der Waals surface area contributed by atoms with Crippen LogP contribution < -0.4 is 4.74 Å². The van der Waals surface area contributed by atoms with Crippen LogP contribution in [0.15, 0.2) is 18.5 Å². The first-order valence-electron chi connectivity index (χ1n) is 4.84. The fourth-order valence-electron chi connectivity index (χ4n) is 1.27. The Labute approximate surface area is 97.7 Å². The molecule has 0 atom stereocenters. The maximum Gasteiger partial charge on any atom is 0.256 e. The van der Waals surface area contributed by atoms with E-state index >= 15 is 0 Å². The Kier molecular flexibility index (Phi) is 3.05. The maximum atomic E-state index is 5.97. The molecule has 0 unspecified atom stereocenters. The molecule has 16 heavy (non-hydrogen) atoms. The van der Waals surface area contributed by atoms with E-state index in [9.17, 15) is 0 Å². The number of ether oxygens (including phenoxy) is 1. The molecule has 0 N–H and O–H groups in total. The van der Waals surface area contributed by atoms with Crippen molar-refractivity contribution in [2.75, 3.05) is 6.61 Å². The van der Waals surface area contributed by atoms with Crippen molar-refractivity contribution in [1.29, 1.82) is 0 Å². The second-order valence-electron chi connectivity index (χ2n) is 3.18. The fourth-order valence-corrected chi connectivity index (χ4v) is 1.42. The standard InChI is InChI=1S/C10H11ClN4O/c1-3-4-5-16-9-7(2)8(11)14-10-12-6-13-15(9)10/h3-4,6H,5H2,1-2H3/b4-3+. The highest BCUT2D eigenvalue weighted by Crippen LogP contribution is 2.23. The average Bonchev–Trinajstić information content (AvgIpc) is 2.71. The van der Waals surface area contributed by atoms with Gasteiger partial charge in [-0.05, 0) is 13.8 Å². The largest absolute Gasteiger partial charge is 0.473 e. The van der Waals surface area contributed by atoms with Gasteiger partial charge in [0, 0.05) is 5.56 Å². The summed E-state index contributed by atoms with van der Waals surface area (Å²) in [6.45, 7) is 4.23. The van der Waals surface area contributed by atoms with Gasteiger partial charge in [-0.2, -0.15) is 19.6 Å². The normalized spacial score (nSPS) is 11.4. The Bertz CT molecular complexity index is 535. The number of aromatic nitrogens is 4. The highest BCUT2D eigenvalue weighted by molar-refractivity contribution is 6.30. The third kappa shape index (κ3) is 1.86. The van der Waals surface area contributed by atoms with Gasteiger partial charge in [0.05, 0.1) is 0 Å². The number of allylic oxidation sites excluding steroid dienone is 1. The Morgan fingerprint density at radius 1 is 1.56 bits per heavy atom. The molecule has 0 aromatic carbocycles. The first-order valence-corrected chi connectivity index (χ1v) is 5.21. The SMILES string of the molecule is C/C=C/COc1c(C)c(Cl)nc2ncnn12. The average molecular weight is 239 g/mol. The van der Waals surface area contributed by atoms with Crippen LogP contribution in [0.5, 0.6) is 5.88 Å². The van der Waals surface area contributed by atoms with Gasteiger partial charge in [0.15, 0.2) is 0 Å². The van der Waals surface area contributed by atoms with Crippen molar-refractivity contribution < 1.29 is 4.74 Å². The zero-order valence-corrected chi connectivity index (χ0v) is 9.77. The summed E-state index contributed by atoms with van der Waals surface area (Å²) in [5.41, 5.74) is 0.754. The van der Waals surface area contributed by atoms with Crippen molar-refractivity contribution in [1.82, 2.24) is 19.6 Å². The van der Waals surface area contributed by atoms with Gasteiger partial charge in [-0.3, -0.25) is 0 Å². The summed E-state index contributed by atoms with van der Waals surface area (Å²) in [6.07, 6.45) is 5.23. The zero-order valence-electron chi connectivity index (χ0n) is 9.01. The summed E-state index contributed by atoms with van der Waals surface area (Å²) in [5.74, 6) is 1.01. The minimum absolute atomic E-state index is 0.385. The van der Waals surface area contributed by atoms with Gasteiger partial charge < -0.3 is 4.74 Å². The Morgan fingerprint density at radius 2 is 2.38 bits per heavy atom. The summed E-state index contributed by atoms with van der Waals surface area (Å²) in [7, 11) is 0. The van der Waals surface area contributed by atoms with Crippen LogP contribution in [0.25, 0.3) is 5.78 Å². The Morgan fingerprint density at radius 3 is 3.12 bits per heavy atom. The van der Waals surface area contributed by atoms with Crippen molar-refractivity contribution in [3.8, 4) is 5.88 Å². The first-order chi connectivity index (χ1) is 7.74. The number of hydrogen-bond acceptors (Lipinski definition) is 4. The molecular formula is C10H11ClN4O. The van der Waals surface area contributed by atoms with Gasteiger partial charge in [0.1, 0.15) is 18.1 Å². The maximum absolute atomic E-state index is 5.97. The molecule has 0 saturated carbocycles. The lowest BCUT2D eigenvalue weighted by molar-refractivity contribution is 0.335. The lowest BCUT2D eigenvalue weighted by Crippen LogP contribution is -2.05. The van der Waals surface area contributed by atoms with Gasteiger partial charge in [0.2, 0.25) is 5.88 Å². The molecule has 2 rings (SSSR count). The molecule has 5 nitrogen and oxygen atoms in total. The molecule has 2 heterocycles. The zero-order chi connectivity index (χ0) is 11.5. The highest BCUT2D eigenvalue weighted by Gasteiger charge is 2.12. The van der Waals surface area contributed by atoms with Crippen LogP contribution in [0.2, 0.25) is 5.15 Å². The van der Waals surface area contributed by atoms with Crippen LogP contribution in [0.1, 0.15) is 12.5 Å². The third-order valence-corrected chi connectivity index (χ3v) is 2.47. The number of hydrogen-bond donors (Lipinski definition) is 0. The van der Waals surface area contributed by atoms with Crippen LogP contribution in [0.4, 0.5) is 0 Å². The van der Waals surface area contributed by atoms with Crippen LogP contribution in [0.3, 0.4) is 0 Å². The molecule has 0 amide bonds. The first kappa shape index (κ1) is 10.9. The molecule has 0 spiro atoms. The summed E-state index contributed by atoms with van der Waals surface area (Å²) in [4.78, 5) is 8.05. The fraction of sp³-hybridized carbons (Fsp3) is 0.300. The van der Waals surface area contributed by atoms with E-state index in [-0.39, 0.29) is 0 Å². The number of rotatable bonds is 3. The molecular weight excluding hydrogens is 228 g/mol. The predicted molar refractivity (Wildman–Crippen MR) is 60.8 cm³/mol. The van der Waals surface area contributed by atoms with E-state index in [1.54, 1.807) is 0 Å². The molecule has 0 aliphatic heterocycles. The van der Waals surface area contributed by atoms with Gasteiger partial charge in [-0.1, -0.05) is 23.8 Å². The van der Waals surface area contributed by atoms with Gasteiger partial charge in [-0.15, -0.1) is 0 Å². The predicted octanol–water partition coefficient (Wildman–Crippen LogP) is 2.04. The van der Waals surface area contributed by atoms with E-state index in [1.165, 1.54) is 10.8 Å². The third-order valence-electron chi connectivity index (χ3n) is 2.10. The van der Waals surface area contributed by atoms with Crippen molar-refractivity contribution in [3.05, 3.63) is 29.2 Å².